The van der Waals surface area contributed by atoms with Gasteiger partial charge in [-0.3, -0.25) is 4.90 Å². The average Bonchev–Trinajstić information content (AvgIpc) is 2.57. The SMILES string of the molecule is C/C=C/[C@H](O)[C@@H](C#N)N(Cc1ccccc1)Cc1ccccc1. The Hall–Kier alpha value is -2.41. The van der Waals surface area contributed by atoms with Crippen molar-refractivity contribution in [3.8, 4) is 6.07 Å². The maximum absolute atomic E-state index is 10.3. The van der Waals surface area contributed by atoms with Gasteiger partial charge in [-0.05, 0) is 18.1 Å². The summed E-state index contributed by atoms with van der Waals surface area (Å²) in [5.41, 5.74) is 2.24. The highest BCUT2D eigenvalue weighted by Crippen LogP contribution is 2.16. The summed E-state index contributed by atoms with van der Waals surface area (Å²) >= 11 is 0. The summed E-state index contributed by atoms with van der Waals surface area (Å²) in [6, 6.07) is 21.7. The van der Waals surface area contributed by atoms with E-state index in [0.29, 0.717) is 13.1 Å². The summed E-state index contributed by atoms with van der Waals surface area (Å²) in [6.45, 7) is 3.07. The van der Waals surface area contributed by atoms with Crippen molar-refractivity contribution in [3.63, 3.8) is 0 Å². The molecule has 0 unspecified atom stereocenters. The molecule has 3 nitrogen and oxygen atoms in total. The second-order valence-electron chi connectivity index (χ2n) is 5.47. The fourth-order valence-electron chi connectivity index (χ4n) is 2.56. The predicted molar refractivity (Wildman–Crippen MR) is 92.4 cm³/mol. The van der Waals surface area contributed by atoms with Crippen LogP contribution in [0, 0.1) is 11.3 Å². The zero-order valence-corrected chi connectivity index (χ0v) is 13.3. The number of aliphatic hydroxyl groups excluding tert-OH is 1. The highest BCUT2D eigenvalue weighted by Gasteiger charge is 2.24. The number of nitriles is 1. The lowest BCUT2D eigenvalue weighted by atomic mass is 10.1. The third-order valence-corrected chi connectivity index (χ3v) is 3.70. The Balaban J connectivity index is 2.24. The van der Waals surface area contributed by atoms with Gasteiger partial charge in [0.1, 0.15) is 12.1 Å². The first-order valence-corrected chi connectivity index (χ1v) is 7.77. The van der Waals surface area contributed by atoms with Crippen molar-refractivity contribution in [3.05, 3.63) is 83.9 Å². The normalized spacial score (nSPS) is 13.8. The molecule has 0 heterocycles. The van der Waals surface area contributed by atoms with Gasteiger partial charge in [0, 0.05) is 13.1 Å². The fraction of sp³-hybridized carbons (Fsp3) is 0.250. The number of aliphatic hydroxyl groups is 1. The van der Waals surface area contributed by atoms with Crippen molar-refractivity contribution < 1.29 is 5.11 Å². The molecular formula is C20H22N2O. The Labute approximate surface area is 138 Å². The van der Waals surface area contributed by atoms with E-state index in [1.165, 1.54) is 0 Å². The molecule has 0 amide bonds. The maximum atomic E-state index is 10.3. The smallest absolute Gasteiger partial charge is 0.128 e. The van der Waals surface area contributed by atoms with Crippen LogP contribution in [0.2, 0.25) is 0 Å². The molecule has 0 spiro atoms. The monoisotopic (exact) mass is 306 g/mol. The molecule has 0 fully saturated rings. The zero-order valence-electron chi connectivity index (χ0n) is 13.3. The van der Waals surface area contributed by atoms with Crippen molar-refractivity contribution in [2.45, 2.75) is 32.2 Å². The molecule has 0 saturated heterocycles. The molecule has 0 aliphatic rings. The Morgan fingerprint density at radius 1 is 1.00 bits per heavy atom. The molecule has 2 atom stereocenters. The summed E-state index contributed by atoms with van der Waals surface area (Å²) in [6.07, 6.45) is 2.63. The van der Waals surface area contributed by atoms with Gasteiger partial charge in [0.15, 0.2) is 0 Å². The van der Waals surface area contributed by atoms with E-state index >= 15 is 0 Å². The molecular weight excluding hydrogens is 284 g/mol. The minimum absolute atomic E-state index is 0.591. The van der Waals surface area contributed by atoms with Gasteiger partial charge >= 0.3 is 0 Å². The second-order valence-corrected chi connectivity index (χ2v) is 5.47. The molecule has 23 heavy (non-hydrogen) atoms. The lowest BCUT2D eigenvalue weighted by molar-refractivity contribution is 0.0983. The van der Waals surface area contributed by atoms with E-state index in [2.05, 4.69) is 6.07 Å². The van der Waals surface area contributed by atoms with E-state index in [1.54, 1.807) is 12.2 Å². The first-order chi connectivity index (χ1) is 11.2. The highest BCUT2D eigenvalue weighted by molar-refractivity contribution is 5.19. The Morgan fingerprint density at radius 3 is 1.87 bits per heavy atom. The van der Waals surface area contributed by atoms with E-state index in [9.17, 15) is 10.4 Å². The highest BCUT2D eigenvalue weighted by atomic mass is 16.3. The van der Waals surface area contributed by atoms with Crippen LogP contribution in [-0.2, 0) is 13.1 Å². The molecule has 0 radical (unpaired) electrons. The van der Waals surface area contributed by atoms with Gasteiger partial charge in [-0.15, -0.1) is 0 Å². The first-order valence-electron chi connectivity index (χ1n) is 7.77. The van der Waals surface area contributed by atoms with Crippen LogP contribution in [0.4, 0.5) is 0 Å². The van der Waals surface area contributed by atoms with Crippen LogP contribution in [0.15, 0.2) is 72.8 Å². The van der Waals surface area contributed by atoms with E-state index in [-0.39, 0.29) is 0 Å². The van der Waals surface area contributed by atoms with Gasteiger partial charge < -0.3 is 5.11 Å². The van der Waals surface area contributed by atoms with Crippen LogP contribution in [-0.4, -0.2) is 22.2 Å². The van der Waals surface area contributed by atoms with Gasteiger partial charge in [0.25, 0.3) is 0 Å². The molecule has 3 heteroatoms. The van der Waals surface area contributed by atoms with E-state index in [4.69, 9.17) is 0 Å². The molecule has 0 aliphatic heterocycles. The van der Waals surface area contributed by atoms with Gasteiger partial charge in [-0.25, -0.2) is 0 Å². The third kappa shape index (κ3) is 5.07. The maximum Gasteiger partial charge on any atom is 0.128 e. The van der Waals surface area contributed by atoms with Gasteiger partial charge in [0.2, 0.25) is 0 Å². The number of hydrogen-bond acceptors (Lipinski definition) is 3. The molecule has 0 bridgehead atoms. The van der Waals surface area contributed by atoms with E-state index in [1.807, 2.05) is 72.5 Å². The van der Waals surface area contributed by atoms with Crippen molar-refractivity contribution in [1.29, 1.82) is 5.26 Å². The predicted octanol–water partition coefficient (Wildman–Crippen LogP) is 3.52. The quantitative estimate of drug-likeness (QED) is 0.796. The van der Waals surface area contributed by atoms with E-state index in [0.717, 1.165) is 11.1 Å². The van der Waals surface area contributed by atoms with Crippen LogP contribution in [0.25, 0.3) is 0 Å². The van der Waals surface area contributed by atoms with Crippen LogP contribution < -0.4 is 0 Å². The molecule has 1 N–H and O–H groups in total. The van der Waals surface area contributed by atoms with Gasteiger partial charge in [0.05, 0.1) is 6.07 Å². The Morgan fingerprint density at radius 2 is 1.48 bits per heavy atom. The molecule has 0 aliphatic carbocycles. The summed E-state index contributed by atoms with van der Waals surface area (Å²) in [5.74, 6) is 0. The summed E-state index contributed by atoms with van der Waals surface area (Å²) in [7, 11) is 0. The molecule has 2 aromatic carbocycles. The Bertz CT molecular complexity index is 605. The lowest BCUT2D eigenvalue weighted by Gasteiger charge is -2.29. The number of benzene rings is 2. The molecule has 0 saturated carbocycles. The van der Waals surface area contributed by atoms with Crippen LogP contribution in [0.5, 0.6) is 0 Å². The average molecular weight is 306 g/mol. The molecule has 2 rings (SSSR count). The lowest BCUT2D eigenvalue weighted by Crippen LogP contribution is -2.41. The third-order valence-electron chi connectivity index (χ3n) is 3.70. The molecule has 118 valence electrons. The van der Waals surface area contributed by atoms with Gasteiger partial charge in [-0.1, -0.05) is 72.8 Å². The first kappa shape index (κ1) is 17.0. The van der Waals surface area contributed by atoms with Crippen LogP contribution in [0.1, 0.15) is 18.1 Å². The summed E-state index contributed by atoms with van der Waals surface area (Å²) in [5, 5.41) is 19.8. The molecule has 0 aromatic heterocycles. The minimum Gasteiger partial charge on any atom is -0.386 e. The van der Waals surface area contributed by atoms with E-state index < -0.39 is 12.1 Å². The largest absolute Gasteiger partial charge is 0.386 e. The van der Waals surface area contributed by atoms with Crippen molar-refractivity contribution in [2.24, 2.45) is 0 Å². The molecule has 2 aromatic rings. The van der Waals surface area contributed by atoms with Crippen molar-refractivity contribution in [1.82, 2.24) is 4.90 Å². The second kappa shape index (κ2) is 8.89. The summed E-state index contributed by atoms with van der Waals surface area (Å²) < 4.78 is 0. The minimum atomic E-state index is -0.808. The van der Waals surface area contributed by atoms with Crippen molar-refractivity contribution >= 4 is 0 Å². The van der Waals surface area contributed by atoms with Gasteiger partial charge in [-0.2, -0.15) is 5.26 Å². The number of nitrogens with zero attached hydrogens (tertiary/aromatic N) is 2. The zero-order chi connectivity index (χ0) is 16.5. The number of allylic oxidation sites excluding steroid dienone is 1. The van der Waals surface area contributed by atoms with Crippen LogP contribution >= 0.6 is 0 Å². The standard InChI is InChI=1S/C20H22N2O/c1-2-9-20(23)19(14-21)22(15-17-10-5-3-6-11-17)16-18-12-7-4-8-13-18/h2-13,19-20,23H,15-16H2,1H3/b9-2+/t19-,20+/m1/s1. The fourth-order valence-corrected chi connectivity index (χ4v) is 2.56. The topological polar surface area (TPSA) is 47.3 Å². The van der Waals surface area contributed by atoms with Crippen LogP contribution in [0.3, 0.4) is 0 Å². The van der Waals surface area contributed by atoms with Crippen molar-refractivity contribution in [2.75, 3.05) is 0 Å². The number of rotatable bonds is 7. The Kier molecular flexibility index (Phi) is 6.56. The summed E-state index contributed by atoms with van der Waals surface area (Å²) in [4.78, 5) is 2.01. The number of hydrogen-bond donors (Lipinski definition) is 1.